The molecule has 0 unspecified atom stereocenters. The highest BCUT2D eigenvalue weighted by atomic mass is 15.4. The van der Waals surface area contributed by atoms with E-state index in [0.717, 1.165) is 12.1 Å². The summed E-state index contributed by atoms with van der Waals surface area (Å²) < 4.78 is 2.07. The second-order valence-corrected chi connectivity index (χ2v) is 6.27. The van der Waals surface area contributed by atoms with Gasteiger partial charge in [0.15, 0.2) is 0 Å². The van der Waals surface area contributed by atoms with Crippen LogP contribution in [0.15, 0.2) is 0 Å². The minimum atomic E-state index is 0.0807. The van der Waals surface area contributed by atoms with Crippen LogP contribution in [0.2, 0.25) is 0 Å². The van der Waals surface area contributed by atoms with E-state index in [4.69, 9.17) is 0 Å². The Hall–Kier alpha value is -0.860. The molecule has 0 bridgehead atoms. The molecule has 0 saturated heterocycles. The van der Waals surface area contributed by atoms with E-state index >= 15 is 0 Å². The van der Waals surface area contributed by atoms with Gasteiger partial charge in [0.05, 0.1) is 11.4 Å². The van der Waals surface area contributed by atoms with Gasteiger partial charge in [-0.2, -0.15) is 0 Å². The second kappa shape index (κ2) is 4.56. The van der Waals surface area contributed by atoms with Crippen LogP contribution in [0.4, 0.5) is 0 Å². The number of nitrogens with zero attached hydrogens (tertiary/aromatic N) is 3. The van der Waals surface area contributed by atoms with Gasteiger partial charge < -0.3 is 0 Å². The van der Waals surface area contributed by atoms with E-state index in [1.165, 1.54) is 5.69 Å². The Morgan fingerprint density at radius 3 is 2.06 bits per heavy atom. The Bertz CT molecular complexity index is 343. The van der Waals surface area contributed by atoms with Crippen molar-refractivity contribution in [3.05, 3.63) is 11.4 Å². The van der Waals surface area contributed by atoms with E-state index in [1.54, 1.807) is 0 Å². The molecule has 0 atom stereocenters. The summed E-state index contributed by atoms with van der Waals surface area (Å²) in [5.41, 5.74) is 2.53. The largest absolute Gasteiger partial charge is 0.247 e. The van der Waals surface area contributed by atoms with Crippen molar-refractivity contribution in [3.8, 4) is 0 Å². The topological polar surface area (TPSA) is 30.7 Å². The molecule has 92 valence electrons. The molecule has 1 heterocycles. The summed E-state index contributed by atoms with van der Waals surface area (Å²) in [6.07, 6.45) is 1.05. The first-order valence-corrected chi connectivity index (χ1v) is 6.18. The quantitative estimate of drug-likeness (QED) is 0.786. The molecule has 1 rings (SSSR count). The highest BCUT2D eigenvalue weighted by Gasteiger charge is 2.25. The second-order valence-electron chi connectivity index (χ2n) is 6.27. The van der Waals surface area contributed by atoms with Crippen LogP contribution in [0.1, 0.15) is 65.9 Å². The molecule has 0 fully saturated rings. The third-order valence-corrected chi connectivity index (χ3v) is 2.59. The van der Waals surface area contributed by atoms with Crippen LogP contribution in [0.5, 0.6) is 0 Å². The lowest BCUT2D eigenvalue weighted by molar-refractivity contribution is 0.474. The molecule has 0 aliphatic carbocycles. The maximum Gasteiger partial charge on any atom is 0.0912 e. The van der Waals surface area contributed by atoms with E-state index in [9.17, 15) is 0 Å². The first kappa shape index (κ1) is 13.2. The third kappa shape index (κ3) is 2.83. The lowest BCUT2D eigenvalue weighted by Gasteiger charge is -2.19. The monoisotopic (exact) mass is 223 g/mol. The third-order valence-electron chi connectivity index (χ3n) is 2.59. The SMILES string of the molecule is CC(C)Cc1c(C(C)(C)C)nnn1C(C)C. The predicted octanol–water partition coefficient (Wildman–Crippen LogP) is 3.36. The molecule has 0 aliphatic heterocycles. The van der Waals surface area contributed by atoms with Crippen molar-refractivity contribution in [2.75, 3.05) is 0 Å². The van der Waals surface area contributed by atoms with Crippen LogP contribution in [-0.4, -0.2) is 15.0 Å². The molecule has 1 aromatic heterocycles. The summed E-state index contributed by atoms with van der Waals surface area (Å²) in [5.74, 6) is 0.636. The van der Waals surface area contributed by atoms with Crippen LogP contribution in [0.25, 0.3) is 0 Å². The van der Waals surface area contributed by atoms with Crippen molar-refractivity contribution in [3.63, 3.8) is 0 Å². The van der Waals surface area contributed by atoms with Crippen molar-refractivity contribution >= 4 is 0 Å². The Balaban J connectivity index is 3.20. The average Bonchev–Trinajstić information content (AvgIpc) is 2.45. The molecular weight excluding hydrogens is 198 g/mol. The zero-order valence-corrected chi connectivity index (χ0v) is 11.7. The van der Waals surface area contributed by atoms with Gasteiger partial charge in [-0.1, -0.05) is 39.8 Å². The molecule has 0 amide bonds. The van der Waals surface area contributed by atoms with Crippen molar-refractivity contribution in [1.29, 1.82) is 0 Å². The van der Waals surface area contributed by atoms with Crippen LogP contribution in [0.3, 0.4) is 0 Å². The predicted molar refractivity (Wildman–Crippen MR) is 67.6 cm³/mol. The smallest absolute Gasteiger partial charge is 0.0912 e. The van der Waals surface area contributed by atoms with Crippen LogP contribution in [0, 0.1) is 5.92 Å². The number of rotatable bonds is 3. The molecule has 1 aromatic rings. The zero-order chi connectivity index (χ0) is 12.5. The van der Waals surface area contributed by atoms with Gasteiger partial charge in [0.25, 0.3) is 0 Å². The summed E-state index contributed by atoms with van der Waals surface area (Å²) in [4.78, 5) is 0. The van der Waals surface area contributed by atoms with Crippen LogP contribution >= 0.6 is 0 Å². The highest BCUT2D eigenvalue weighted by Crippen LogP contribution is 2.26. The molecular formula is C13H25N3. The van der Waals surface area contributed by atoms with Gasteiger partial charge in [-0.05, 0) is 26.2 Å². The number of hydrogen-bond donors (Lipinski definition) is 0. The maximum absolute atomic E-state index is 4.37. The lowest BCUT2D eigenvalue weighted by atomic mass is 9.88. The summed E-state index contributed by atoms with van der Waals surface area (Å²) in [6, 6.07) is 0.386. The molecule has 3 heteroatoms. The maximum atomic E-state index is 4.37. The molecule has 16 heavy (non-hydrogen) atoms. The van der Waals surface area contributed by atoms with E-state index in [0.29, 0.717) is 12.0 Å². The average molecular weight is 223 g/mol. The summed E-state index contributed by atoms with van der Waals surface area (Å²) in [5, 5.41) is 8.68. The zero-order valence-electron chi connectivity index (χ0n) is 11.7. The highest BCUT2D eigenvalue weighted by molar-refractivity contribution is 5.19. The molecule has 0 radical (unpaired) electrons. The van der Waals surface area contributed by atoms with Gasteiger partial charge in [0.2, 0.25) is 0 Å². The Morgan fingerprint density at radius 1 is 1.12 bits per heavy atom. The van der Waals surface area contributed by atoms with Crippen molar-refractivity contribution in [2.45, 2.75) is 66.3 Å². The van der Waals surface area contributed by atoms with Gasteiger partial charge >= 0.3 is 0 Å². The van der Waals surface area contributed by atoms with E-state index in [2.05, 4.69) is 63.5 Å². The fourth-order valence-electron chi connectivity index (χ4n) is 1.89. The van der Waals surface area contributed by atoms with Crippen molar-refractivity contribution in [2.24, 2.45) is 5.92 Å². The van der Waals surface area contributed by atoms with Gasteiger partial charge in [-0.3, -0.25) is 0 Å². The molecule has 0 spiro atoms. The Morgan fingerprint density at radius 2 is 1.69 bits per heavy atom. The van der Waals surface area contributed by atoms with E-state index in [-0.39, 0.29) is 5.41 Å². The number of aromatic nitrogens is 3. The van der Waals surface area contributed by atoms with Gasteiger partial charge in [0, 0.05) is 11.5 Å². The lowest BCUT2D eigenvalue weighted by Crippen LogP contribution is -2.18. The molecule has 0 N–H and O–H groups in total. The normalized spacial score (nSPS) is 12.8. The molecule has 0 aliphatic rings. The Labute approximate surface area is 99.2 Å². The van der Waals surface area contributed by atoms with Crippen molar-refractivity contribution in [1.82, 2.24) is 15.0 Å². The minimum absolute atomic E-state index is 0.0807. The van der Waals surface area contributed by atoms with Crippen molar-refractivity contribution < 1.29 is 0 Å². The molecule has 0 saturated carbocycles. The van der Waals surface area contributed by atoms with Gasteiger partial charge in [-0.15, -0.1) is 5.10 Å². The fourth-order valence-corrected chi connectivity index (χ4v) is 1.89. The van der Waals surface area contributed by atoms with Crippen LogP contribution < -0.4 is 0 Å². The molecule has 3 nitrogen and oxygen atoms in total. The van der Waals surface area contributed by atoms with E-state index < -0.39 is 0 Å². The first-order chi connectivity index (χ1) is 7.23. The van der Waals surface area contributed by atoms with E-state index in [1.807, 2.05) is 0 Å². The van der Waals surface area contributed by atoms with Gasteiger partial charge in [-0.25, -0.2) is 4.68 Å². The number of hydrogen-bond acceptors (Lipinski definition) is 2. The molecule has 0 aromatic carbocycles. The standard InChI is InChI=1S/C13H25N3/c1-9(2)8-11-12(13(5,6)7)14-15-16(11)10(3)4/h9-10H,8H2,1-7H3. The fraction of sp³-hybridized carbons (Fsp3) is 0.846. The first-order valence-electron chi connectivity index (χ1n) is 6.18. The summed E-state index contributed by atoms with van der Waals surface area (Å²) >= 11 is 0. The summed E-state index contributed by atoms with van der Waals surface area (Å²) in [7, 11) is 0. The van der Waals surface area contributed by atoms with Crippen LogP contribution in [-0.2, 0) is 11.8 Å². The minimum Gasteiger partial charge on any atom is -0.247 e. The Kier molecular flexibility index (Phi) is 3.76. The summed E-state index contributed by atoms with van der Waals surface area (Å²) in [6.45, 7) is 15.4. The van der Waals surface area contributed by atoms with Gasteiger partial charge in [0.1, 0.15) is 0 Å².